The van der Waals surface area contributed by atoms with E-state index in [0.29, 0.717) is 6.04 Å². The summed E-state index contributed by atoms with van der Waals surface area (Å²) in [4.78, 5) is 4.03. The summed E-state index contributed by atoms with van der Waals surface area (Å²) in [6.45, 7) is 5.17. The average Bonchev–Trinajstić information content (AvgIpc) is 2.39. The molecular weight excluding hydrogens is 208 g/mol. The van der Waals surface area contributed by atoms with E-state index in [-0.39, 0.29) is 0 Å². The monoisotopic (exact) mass is 226 g/mol. The van der Waals surface area contributed by atoms with Gasteiger partial charge in [-0.05, 0) is 37.1 Å². The minimum atomic E-state index is 0.347. The van der Waals surface area contributed by atoms with Crippen LogP contribution in [0.2, 0.25) is 0 Å². The first kappa shape index (κ1) is 11.8. The van der Waals surface area contributed by atoms with Crippen LogP contribution in [-0.2, 0) is 6.54 Å². The quantitative estimate of drug-likeness (QED) is 0.865. The van der Waals surface area contributed by atoms with Gasteiger partial charge in [-0.2, -0.15) is 0 Å². The normalized spacial score (nSPS) is 12.4. The van der Waals surface area contributed by atoms with Gasteiger partial charge in [0.25, 0.3) is 0 Å². The second kappa shape index (κ2) is 5.60. The molecule has 0 fully saturated rings. The molecule has 0 bridgehead atoms. The summed E-state index contributed by atoms with van der Waals surface area (Å²) in [5, 5.41) is 3.51. The first-order chi connectivity index (χ1) is 8.25. The molecule has 0 radical (unpaired) electrons. The standard InChI is InChI=1S/C15H18N2/c1-12-3-5-14(6-4-12)11-17-13(2)15-7-9-16-10-8-15/h3-10,13,17H,11H2,1-2H3. The maximum absolute atomic E-state index is 4.03. The van der Waals surface area contributed by atoms with Crippen molar-refractivity contribution < 1.29 is 0 Å². The van der Waals surface area contributed by atoms with Crippen LogP contribution in [0.5, 0.6) is 0 Å². The number of nitrogens with zero attached hydrogens (tertiary/aromatic N) is 1. The molecule has 2 nitrogen and oxygen atoms in total. The van der Waals surface area contributed by atoms with E-state index >= 15 is 0 Å². The van der Waals surface area contributed by atoms with Crippen molar-refractivity contribution >= 4 is 0 Å². The smallest absolute Gasteiger partial charge is 0.0296 e. The van der Waals surface area contributed by atoms with Crippen LogP contribution in [0.1, 0.15) is 29.7 Å². The minimum absolute atomic E-state index is 0.347. The SMILES string of the molecule is Cc1ccc(CNC(C)c2ccncc2)cc1. The molecule has 0 spiro atoms. The molecule has 0 saturated carbocycles. The van der Waals surface area contributed by atoms with Gasteiger partial charge in [0.2, 0.25) is 0 Å². The highest BCUT2D eigenvalue weighted by molar-refractivity contribution is 5.21. The Morgan fingerprint density at radius 2 is 1.71 bits per heavy atom. The van der Waals surface area contributed by atoms with E-state index in [9.17, 15) is 0 Å². The van der Waals surface area contributed by atoms with Crippen molar-refractivity contribution in [2.45, 2.75) is 26.4 Å². The third-order valence-electron chi connectivity index (χ3n) is 2.94. The molecule has 1 heterocycles. The van der Waals surface area contributed by atoms with Gasteiger partial charge >= 0.3 is 0 Å². The molecule has 0 amide bonds. The predicted molar refractivity (Wildman–Crippen MR) is 70.7 cm³/mol. The van der Waals surface area contributed by atoms with Crippen LogP contribution >= 0.6 is 0 Å². The van der Waals surface area contributed by atoms with E-state index in [1.807, 2.05) is 24.5 Å². The summed E-state index contributed by atoms with van der Waals surface area (Å²) in [7, 11) is 0. The molecule has 0 aliphatic rings. The molecule has 88 valence electrons. The fourth-order valence-electron chi connectivity index (χ4n) is 1.75. The van der Waals surface area contributed by atoms with Gasteiger partial charge in [-0.25, -0.2) is 0 Å². The Labute approximate surface area is 103 Å². The highest BCUT2D eigenvalue weighted by Gasteiger charge is 2.03. The fraction of sp³-hybridized carbons (Fsp3) is 0.267. The molecule has 0 aliphatic carbocycles. The maximum Gasteiger partial charge on any atom is 0.0296 e. The summed E-state index contributed by atoms with van der Waals surface area (Å²) >= 11 is 0. The van der Waals surface area contributed by atoms with Crippen molar-refractivity contribution in [3.63, 3.8) is 0 Å². The van der Waals surface area contributed by atoms with Crippen molar-refractivity contribution in [1.29, 1.82) is 0 Å². The first-order valence-corrected chi connectivity index (χ1v) is 5.94. The second-order valence-electron chi connectivity index (χ2n) is 4.37. The molecule has 0 saturated heterocycles. The molecule has 1 N–H and O–H groups in total. The van der Waals surface area contributed by atoms with Gasteiger partial charge in [-0.15, -0.1) is 0 Å². The Hall–Kier alpha value is -1.67. The van der Waals surface area contributed by atoms with Gasteiger partial charge in [-0.1, -0.05) is 29.8 Å². The lowest BCUT2D eigenvalue weighted by Gasteiger charge is -2.14. The van der Waals surface area contributed by atoms with E-state index in [0.717, 1.165) is 6.54 Å². The van der Waals surface area contributed by atoms with Crippen molar-refractivity contribution in [2.75, 3.05) is 0 Å². The van der Waals surface area contributed by atoms with E-state index in [1.54, 1.807) is 0 Å². The van der Waals surface area contributed by atoms with E-state index in [1.165, 1.54) is 16.7 Å². The number of pyridine rings is 1. The van der Waals surface area contributed by atoms with Crippen molar-refractivity contribution in [2.24, 2.45) is 0 Å². The number of rotatable bonds is 4. The Morgan fingerprint density at radius 3 is 2.35 bits per heavy atom. The second-order valence-corrected chi connectivity index (χ2v) is 4.37. The minimum Gasteiger partial charge on any atom is -0.306 e. The maximum atomic E-state index is 4.03. The van der Waals surface area contributed by atoms with Gasteiger partial charge in [0.05, 0.1) is 0 Å². The van der Waals surface area contributed by atoms with Gasteiger partial charge in [0, 0.05) is 25.0 Å². The Morgan fingerprint density at radius 1 is 1.06 bits per heavy atom. The van der Waals surface area contributed by atoms with Gasteiger partial charge in [-0.3, -0.25) is 4.98 Å². The van der Waals surface area contributed by atoms with Crippen molar-refractivity contribution in [1.82, 2.24) is 10.3 Å². The number of aryl methyl sites for hydroxylation is 1. The highest BCUT2D eigenvalue weighted by atomic mass is 14.9. The van der Waals surface area contributed by atoms with Crippen LogP contribution in [0.25, 0.3) is 0 Å². The molecule has 1 atom stereocenters. The van der Waals surface area contributed by atoms with Crippen molar-refractivity contribution in [3.05, 3.63) is 65.5 Å². The molecule has 1 aromatic carbocycles. The summed E-state index contributed by atoms with van der Waals surface area (Å²) in [6, 6.07) is 13.1. The number of hydrogen-bond donors (Lipinski definition) is 1. The zero-order valence-electron chi connectivity index (χ0n) is 10.4. The molecule has 2 rings (SSSR count). The zero-order chi connectivity index (χ0) is 12.1. The third-order valence-corrected chi connectivity index (χ3v) is 2.94. The van der Waals surface area contributed by atoms with E-state index in [2.05, 4.69) is 48.4 Å². The lowest BCUT2D eigenvalue weighted by atomic mass is 10.1. The molecule has 0 aliphatic heterocycles. The predicted octanol–water partition coefficient (Wildman–Crippen LogP) is 3.24. The zero-order valence-corrected chi connectivity index (χ0v) is 10.4. The van der Waals surface area contributed by atoms with Crippen LogP contribution in [0.3, 0.4) is 0 Å². The highest BCUT2D eigenvalue weighted by Crippen LogP contribution is 2.11. The summed E-state index contributed by atoms with van der Waals surface area (Å²) in [6.07, 6.45) is 3.67. The van der Waals surface area contributed by atoms with E-state index in [4.69, 9.17) is 0 Å². The first-order valence-electron chi connectivity index (χ1n) is 5.94. The molecule has 1 aromatic heterocycles. The molecule has 17 heavy (non-hydrogen) atoms. The summed E-state index contributed by atoms with van der Waals surface area (Å²) in [5.74, 6) is 0. The van der Waals surface area contributed by atoms with Gasteiger partial charge in [0.1, 0.15) is 0 Å². The number of benzene rings is 1. The van der Waals surface area contributed by atoms with Crippen LogP contribution in [-0.4, -0.2) is 4.98 Å². The van der Waals surface area contributed by atoms with Crippen molar-refractivity contribution in [3.8, 4) is 0 Å². The van der Waals surface area contributed by atoms with Gasteiger partial charge < -0.3 is 5.32 Å². The largest absolute Gasteiger partial charge is 0.306 e. The topological polar surface area (TPSA) is 24.9 Å². The number of hydrogen-bond acceptors (Lipinski definition) is 2. The Balaban J connectivity index is 1.92. The molecule has 2 aromatic rings. The van der Waals surface area contributed by atoms with Crippen LogP contribution in [0.15, 0.2) is 48.8 Å². The molecule has 1 unspecified atom stereocenters. The molecular formula is C15H18N2. The number of aromatic nitrogens is 1. The summed E-state index contributed by atoms with van der Waals surface area (Å²) in [5.41, 5.74) is 3.89. The van der Waals surface area contributed by atoms with Crippen LogP contribution in [0, 0.1) is 6.92 Å². The van der Waals surface area contributed by atoms with Gasteiger partial charge in [0.15, 0.2) is 0 Å². The number of nitrogens with one attached hydrogen (secondary N) is 1. The average molecular weight is 226 g/mol. The Bertz CT molecular complexity index is 448. The Kier molecular flexibility index (Phi) is 3.89. The van der Waals surface area contributed by atoms with Crippen LogP contribution in [0.4, 0.5) is 0 Å². The summed E-state index contributed by atoms with van der Waals surface area (Å²) < 4.78 is 0. The lowest BCUT2D eigenvalue weighted by Crippen LogP contribution is -2.17. The molecule has 2 heteroatoms. The van der Waals surface area contributed by atoms with E-state index < -0.39 is 0 Å². The fourth-order valence-corrected chi connectivity index (χ4v) is 1.75. The lowest BCUT2D eigenvalue weighted by molar-refractivity contribution is 0.574. The third kappa shape index (κ3) is 3.40. The van der Waals surface area contributed by atoms with Crippen LogP contribution < -0.4 is 5.32 Å².